The summed E-state index contributed by atoms with van der Waals surface area (Å²) in [4.78, 5) is 17.3. The van der Waals surface area contributed by atoms with Gasteiger partial charge in [-0.15, -0.1) is 0 Å². The summed E-state index contributed by atoms with van der Waals surface area (Å²) in [5.41, 5.74) is 4.00. The number of amides is 1. The number of hydrogen-bond donors (Lipinski definition) is 2. The molecule has 0 saturated carbocycles. The van der Waals surface area contributed by atoms with Gasteiger partial charge < -0.3 is 14.6 Å². The van der Waals surface area contributed by atoms with Crippen LogP contribution in [0.3, 0.4) is 0 Å². The minimum atomic E-state index is -0.198. The number of fused-ring (bicyclic) bond motifs is 1. The largest absolute Gasteiger partial charge is 0.496 e. The molecule has 1 amide bonds. The highest BCUT2D eigenvalue weighted by atomic mass is 16.5. The predicted octanol–water partition coefficient (Wildman–Crippen LogP) is 3.99. The van der Waals surface area contributed by atoms with Crippen LogP contribution in [0.25, 0.3) is 22.3 Å². The zero-order chi connectivity index (χ0) is 21.1. The molecule has 30 heavy (non-hydrogen) atoms. The summed E-state index contributed by atoms with van der Waals surface area (Å²) < 4.78 is 7.59. The molecule has 0 aliphatic rings. The lowest BCUT2D eigenvalue weighted by molar-refractivity contribution is 0.0949. The maximum absolute atomic E-state index is 12.6. The SMILES string of the molecule is COc1ccccc1-c1cc(C(=O)NCCc2nc3ccccc3n2C(C)C)[nH]n1. The number of H-pyrrole nitrogens is 1. The molecule has 2 heterocycles. The number of aromatic amines is 1. The van der Waals surface area contributed by atoms with Crippen LogP contribution >= 0.6 is 0 Å². The van der Waals surface area contributed by atoms with E-state index >= 15 is 0 Å². The van der Waals surface area contributed by atoms with Crippen molar-refractivity contribution in [3.05, 3.63) is 66.1 Å². The van der Waals surface area contributed by atoms with E-state index in [1.54, 1.807) is 13.2 Å². The molecule has 0 saturated heterocycles. The van der Waals surface area contributed by atoms with Gasteiger partial charge in [0.05, 0.1) is 23.8 Å². The molecular weight excluding hydrogens is 378 g/mol. The zero-order valence-electron chi connectivity index (χ0n) is 17.3. The highest BCUT2D eigenvalue weighted by molar-refractivity contribution is 5.93. The number of methoxy groups -OCH3 is 1. The average Bonchev–Trinajstić information content (AvgIpc) is 3.38. The fraction of sp³-hybridized carbons (Fsp3) is 0.261. The van der Waals surface area contributed by atoms with E-state index in [9.17, 15) is 4.79 Å². The Labute approximate surface area is 175 Å². The lowest BCUT2D eigenvalue weighted by Gasteiger charge is -2.13. The highest BCUT2D eigenvalue weighted by Crippen LogP contribution is 2.28. The van der Waals surface area contributed by atoms with E-state index in [2.05, 4.69) is 40.0 Å². The van der Waals surface area contributed by atoms with Gasteiger partial charge in [-0.2, -0.15) is 5.10 Å². The Morgan fingerprint density at radius 2 is 1.93 bits per heavy atom. The minimum Gasteiger partial charge on any atom is -0.496 e. The van der Waals surface area contributed by atoms with Gasteiger partial charge in [0.25, 0.3) is 5.91 Å². The molecule has 4 rings (SSSR count). The van der Waals surface area contributed by atoms with Gasteiger partial charge in [0.1, 0.15) is 17.3 Å². The molecule has 154 valence electrons. The number of aromatic nitrogens is 4. The molecule has 2 aromatic heterocycles. The Bertz CT molecular complexity index is 1180. The number of ether oxygens (including phenoxy) is 1. The van der Waals surface area contributed by atoms with Gasteiger partial charge in [0, 0.05) is 24.6 Å². The van der Waals surface area contributed by atoms with E-state index < -0.39 is 0 Å². The Morgan fingerprint density at radius 3 is 2.73 bits per heavy atom. The van der Waals surface area contributed by atoms with Crippen molar-refractivity contribution in [3.63, 3.8) is 0 Å². The van der Waals surface area contributed by atoms with Crippen molar-refractivity contribution < 1.29 is 9.53 Å². The van der Waals surface area contributed by atoms with Crippen molar-refractivity contribution in [3.8, 4) is 17.0 Å². The van der Waals surface area contributed by atoms with Gasteiger partial charge >= 0.3 is 0 Å². The molecule has 2 N–H and O–H groups in total. The molecule has 0 radical (unpaired) electrons. The van der Waals surface area contributed by atoms with Crippen LogP contribution in [-0.4, -0.2) is 39.3 Å². The fourth-order valence-electron chi connectivity index (χ4n) is 3.66. The van der Waals surface area contributed by atoms with Crippen molar-refractivity contribution in [1.29, 1.82) is 0 Å². The lowest BCUT2D eigenvalue weighted by Crippen LogP contribution is -2.27. The predicted molar refractivity (Wildman–Crippen MR) is 117 cm³/mol. The van der Waals surface area contributed by atoms with E-state index in [1.165, 1.54) is 0 Å². The van der Waals surface area contributed by atoms with E-state index in [1.807, 2.05) is 42.5 Å². The van der Waals surface area contributed by atoms with Gasteiger partial charge in [0.2, 0.25) is 0 Å². The Hall–Kier alpha value is -3.61. The van der Waals surface area contributed by atoms with Crippen LogP contribution in [0.4, 0.5) is 0 Å². The Kier molecular flexibility index (Phi) is 5.52. The van der Waals surface area contributed by atoms with Crippen LogP contribution in [-0.2, 0) is 6.42 Å². The van der Waals surface area contributed by atoms with E-state index in [-0.39, 0.29) is 5.91 Å². The van der Waals surface area contributed by atoms with Crippen LogP contribution in [0, 0.1) is 0 Å². The quantitative estimate of drug-likeness (QED) is 0.489. The van der Waals surface area contributed by atoms with Gasteiger partial charge in [-0.3, -0.25) is 9.89 Å². The monoisotopic (exact) mass is 403 g/mol. The minimum absolute atomic E-state index is 0.198. The second-order valence-electron chi connectivity index (χ2n) is 7.35. The normalized spacial score (nSPS) is 11.2. The Balaban J connectivity index is 1.45. The third-order valence-electron chi connectivity index (χ3n) is 5.02. The average molecular weight is 403 g/mol. The molecule has 4 aromatic rings. The molecule has 0 aliphatic carbocycles. The van der Waals surface area contributed by atoms with Crippen LogP contribution in [0.15, 0.2) is 54.6 Å². The maximum Gasteiger partial charge on any atom is 0.269 e. The van der Waals surface area contributed by atoms with Crippen molar-refractivity contribution in [2.75, 3.05) is 13.7 Å². The van der Waals surface area contributed by atoms with Gasteiger partial charge in [-0.25, -0.2) is 4.98 Å². The summed E-state index contributed by atoms with van der Waals surface area (Å²) in [6.45, 7) is 4.76. The molecule has 0 fully saturated rings. The Morgan fingerprint density at radius 1 is 1.17 bits per heavy atom. The third kappa shape index (κ3) is 3.78. The van der Waals surface area contributed by atoms with Crippen LogP contribution in [0.2, 0.25) is 0 Å². The number of hydrogen-bond acceptors (Lipinski definition) is 4. The third-order valence-corrected chi connectivity index (χ3v) is 5.02. The molecule has 0 aliphatic heterocycles. The smallest absolute Gasteiger partial charge is 0.269 e. The van der Waals surface area contributed by atoms with E-state index in [0.29, 0.717) is 36.1 Å². The van der Waals surface area contributed by atoms with Crippen LogP contribution in [0.5, 0.6) is 5.75 Å². The summed E-state index contributed by atoms with van der Waals surface area (Å²) in [6.07, 6.45) is 0.645. The number of nitrogens with zero attached hydrogens (tertiary/aromatic N) is 3. The first-order valence-corrected chi connectivity index (χ1v) is 10.0. The second kappa shape index (κ2) is 8.41. The fourth-order valence-corrected chi connectivity index (χ4v) is 3.66. The van der Waals surface area contributed by atoms with Gasteiger partial charge in [-0.1, -0.05) is 24.3 Å². The van der Waals surface area contributed by atoms with Crippen molar-refractivity contribution >= 4 is 16.9 Å². The molecule has 0 atom stereocenters. The number of para-hydroxylation sites is 3. The van der Waals surface area contributed by atoms with Crippen molar-refractivity contribution in [2.24, 2.45) is 0 Å². The molecule has 2 aromatic carbocycles. The molecular formula is C23H25N5O2. The first-order chi connectivity index (χ1) is 14.6. The summed E-state index contributed by atoms with van der Waals surface area (Å²) in [5.74, 6) is 1.48. The molecule has 0 unspecified atom stereocenters. The molecule has 7 heteroatoms. The van der Waals surface area contributed by atoms with Crippen LogP contribution in [0.1, 0.15) is 36.2 Å². The summed E-state index contributed by atoms with van der Waals surface area (Å²) in [7, 11) is 1.61. The topological polar surface area (TPSA) is 84.8 Å². The number of benzene rings is 2. The van der Waals surface area contributed by atoms with E-state index in [4.69, 9.17) is 9.72 Å². The second-order valence-corrected chi connectivity index (χ2v) is 7.35. The summed E-state index contributed by atoms with van der Waals surface area (Å²) in [6, 6.07) is 17.7. The number of nitrogens with one attached hydrogen (secondary N) is 2. The molecule has 0 spiro atoms. The lowest BCUT2D eigenvalue weighted by atomic mass is 10.1. The summed E-state index contributed by atoms with van der Waals surface area (Å²) in [5, 5.41) is 10.0. The number of carbonyl (C=O) groups excluding carboxylic acids is 1. The number of imidazole rings is 1. The standard InChI is InChI=1S/C23H25N5O2/c1-15(2)28-20-10-6-5-9-17(20)25-22(28)12-13-24-23(29)19-14-18(26-27-19)16-8-4-7-11-21(16)30-3/h4-11,14-15H,12-13H2,1-3H3,(H,24,29)(H,26,27). The molecule has 7 nitrogen and oxygen atoms in total. The maximum atomic E-state index is 12.6. The number of carbonyl (C=O) groups is 1. The molecule has 0 bridgehead atoms. The highest BCUT2D eigenvalue weighted by Gasteiger charge is 2.15. The van der Waals surface area contributed by atoms with Crippen molar-refractivity contribution in [1.82, 2.24) is 25.1 Å². The zero-order valence-corrected chi connectivity index (χ0v) is 17.3. The summed E-state index contributed by atoms with van der Waals surface area (Å²) >= 11 is 0. The van der Waals surface area contributed by atoms with Gasteiger partial charge in [0.15, 0.2) is 0 Å². The van der Waals surface area contributed by atoms with Gasteiger partial charge in [-0.05, 0) is 44.2 Å². The first-order valence-electron chi connectivity index (χ1n) is 10.0. The van der Waals surface area contributed by atoms with Crippen molar-refractivity contribution in [2.45, 2.75) is 26.3 Å². The van der Waals surface area contributed by atoms with Crippen LogP contribution < -0.4 is 10.1 Å². The van der Waals surface area contributed by atoms with E-state index in [0.717, 1.165) is 22.4 Å². The number of rotatable bonds is 7. The first kappa shape index (κ1) is 19.7.